The highest BCUT2D eigenvalue weighted by Gasteiger charge is 2.22. The molecule has 0 aromatic carbocycles. The van der Waals surface area contributed by atoms with Gasteiger partial charge in [-0.05, 0) is 31.5 Å². The van der Waals surface area contributed by atoms with Gasteiger partial charge in [-0.2, -0.15) is 0 Å². The molecule has 1 fully saturated rings. The first-order valence-corrected chi connectivity index (χ1v) is 5.13. The highest BCUT2D eigenvalue weighted by atomic mass is 19.1. The maximum Gasteiger partial charge on any atom is 0.146 e. The van der Waals surface area contributed by atoms with Crippen LogP contribution in [0.1, 0.15) is 37.6 Å². The fourth-order valence-electron chi connectivity index (χ4n) is 1.32. The number of pyridine rings is 1. The summed E-state index contributed by atoms with van der Waals surface area (Å²) in [5.74, 6) is -0.188. The Balaban J connectivity index is 0.000000461. The molecule has 1 aromatic rings. The van der Waals surface area contributed by atoms with Gasteiger partial charge >= 0.3 is 0 Å². The Kier molecular flexibility index (Phi) is 4.01. The molecule has 78 valence electrons. The molecule has 0 aliphatic carbocycles. The third-order valence-electron chi connectivity index (χ3n) is 2.16. The van der Waals surface area contributed by atoms with Gasteiger partial charge in [-0.3, -0.25) is 4.98 Å². The Bertz CT molecular complexity index is 295. The van der Waals surface area contributed by atoms with Crippen molar-refractivity contribution in [3.05, 3.63) is 29.3 Å². The Morgan fingerprint density at radius 2 is 2.14 bits per heavy atom. The first-order valence-electron chi connectivity index (χ1n) is 5.13. The zero-order valence-electron chi connectivity index (χ0n) is 8.97. The van der Waals surface area contributed by atoms with Crippen molar-refractivity contribution in [1.29, 1.82) is 0 Å². The van der Waals surface area contributed by atoms with Gasteiger partial charge in [0.2, 0.25) is 0 Å². The molecule has 2 heterocycles. The van der Waals surface area contributed by atoms with E-state index in [1.807, 2.05) is 20.8 Å². The second kappa shape index (κ2) is 5.05. The summed E-state index contributed by atoms with van der Waals surface area (Å²) in [6, 6.07) is 1.67. The van der Waals surface area contributed by atoms with E-state index >= 15 is 0 Å². The van der Waals surface area contributed by atoms with Crippen molar-refractivity contribution in [3.8, 4) is 0 Å². The average molecular weight is 196 g/mol. The molecule has 0 spiro atoms. The van der Waals surface area contributed by atoms with E-state index in [0.717, 1.165) is 18.5 Å². The van der Waals surface area contributed by atoms with Gasteiger partial charge in [-0.25, -0.2) is 4.39 Å². The van der Waals surface area contributed by atoms with Crippen LogP contribution in [-0.2, 0) is 0 Å². The molecule has 0 radical (unpaired) electrons. The summed E-state index contributed by atoms with van der Waals surface area (Å²) in [4.78, 5) is 4.06. The third kappa shape index (κ3) is 2.29. The number of hydrogen-bond donors (Lipinski definition) is 1. The predicted octanol–water partition coefficient (Wildman–Crippen LogP) is 2.59. The second-order valence-corrected chi connectivity index (χ2v) is 3.18. The SMILES string of the molecule is CC.Cc1cnc(C2CCN2)c(F)c1. The van der Waals surface area contributed by atoms with Crippen LogP contribution in [0.5, 0.6) is 0 Å². The van der Waals surface area contributed by atoms with Gasteiger partial charge in [0.05, 0.1) is 11.7 Å². The minimum Gasteiger partial charge on any atom is -0.308 e. The lowest BCUT2D eigenvalue weighted by Crippen LogP contribution is -2.36. The van der Waals surface area contributed by atoms with Crippen LogP contribution in [0.4, 0.5) is 4.39 Å². The van der Waals surface area contributed by atoms with E-state index < -0.39 is 0 Å². The normalized spacial score (nSPS) is 19.3. The fraction of sp³-hybridized carbons (Fsp3) is 0.545. The summed E-state index contributed by atoms with van der Waals surface area (Å²) >= 11 is 0. The molecule has 1 atom stereocenters. The van der Waals surface area contributed by atoms with Crippen molar-refractivity contribution in [2.24, 2.45) is 0 Å². The quantitative estimate of drug-likeness (QED) is 0.746. The molecule has 0 amide bonds. The monoisotopic (exact) mass is 196 g/mol. The molecule has 1 aromatic heterocycles. The Morgan fingerprint density at radius 1 is 1.50 bits per heavy atom. The molecule has 1 N–H and O–H groups in total. The molecule has 14 heavy (non-hydrogen) atoms. The van der Waals surface area contributed by atoms with Crippen molar-refractivity contribution in [1.82, 2.24) is 10.3 Å². The lowest BCUT2D eigenvalue weighted by atomic mass is 10.0. The summed E-state index contributed by atoms with van der Waals surface area (Å²) in [6.45, 7) is 6.81. The number of aromatic nitrogens is 1. The van der Waals surface area contributed by atoms with Crippen LogP contribution in [0.2, 0.25) is 0 Å². The number of nitrogens with one attached hydrogen (secondary N) is 1. The van der Waals surface area contributed by atoms with Gasteiger partial charge in [0.25, 0.3) is 0 Å². The number of nitrogens with zero attached hydrogens (tertiary/aromatic N) is 1. The molecule has 0 saturated carbocycles. The molecular weight excluding hydrogens is 179 g/mol. The molecule has 1 unspecified atom stereocenters. The zero-order valence-corrected chi connectivity index (χ0v) is 8.97. The minimum atomic E-state index is -0.188. The van der Waals surface area contributed by atoms with Gasteiger partial charge in [-0.15, -0.1) is 0 Å². The van der Waals surface area contributed by atoms with Crippen LogP contribution < -0.4 is 5.32 Å². The van der Waals surface area contributed by atoms with Crippen molar-refractivity contribution in [3.63, 3.8) is 0 Å². The van der Waals surface area contributed by atoms with Gasteiger partial charge in [0.1, 0.15) is 5.82 Å². The van der Waals surface area contributed by atoms with Crippen LogP contribution in [-0.4, -0.2) is 11.5 Å². The largest absolute Gasteiger partial charge is 0.308 e. The maximum atomic E-state index is 13.2. The van der Waals surface area contributed by atoms with Crippen LogP contribution >= 0.6 is 0 Å². The van der Waals surface area contributed by atoms with E-state index in [1.54, 1.807) is 6.20 Å². The van der Waals surface area contributed by atoms with E-state index in [-0.39, 0.29) is 11.9 Å². The molecular formula is C11H17FN2. The van der Waals surface area contributed by atoms with E-state index in [1.165, 1.54) is 6.07 Å². The van der Waals surface area contributed by atoms with E-state index in [0.29, 0.717) is 5.69 Å². The van der Waals surface area contributed by atoms with Crippen LogP contribution in [0.25, 0.3) is 0 Å². The third-order valence-corrected chi connectivity index (χ3v) is 2.16. The molecule has 1 aliphatic rings. The Morgan fingerprint density at radius 3 is 2.57 bits per heavy atom. The molecule has 0 bridgehead atoms. The highest BCUT2D eigenvalue weighted by Crippen LogP contribution is 2.23. The summed E-state index contributed by atoms with van der Waals surface area (Å²) in [5, 5.41) is 3.12. The summed E-state index contributed by atoms with van der Waals surface area (Å²) in [5.41, 5.74) is 1.43. The van der Waals surface area contributed by atoms with Crippen LogP contribution in [0.15, 0.2) is 12.3 Å². The van der Waals surface area contributed by atoms with Crippen molar-refractivity contribution >= 4 is 0 Å². The Hall–Kier alpha value is -0.960. The zero-order chi connectivity index (χ0) is 10.6. The lowest BCUT2D eigenvalue weighted by Gasteiger charge is -2.27. The lowest BCUT2D eigenvalue weighted by molar-refractivity contribution is 0.360. The minimum absolute atomic E-state index is 0.144. The smallest absolute Gasteiger partial charge is 0.146 e. The number of halogens is 1. The van der Waals surface area contributed by atoms with Gasteiger partial charge in [0, 0.05) is 6.20 Å². The first kappa shape index (κ1) is 11.1. The summed E-state index contributed by atoms with van der Waals surface area (Å²) < 4.78 is 13.2. The van der Waals surface area contributed by atoms with Gasteiger partial charge in [-0.1, -0.05) is 13.8 Å². The average Bonchev–Trinajstić information content (AvgIpc) is 2.10. The fourth-order valence-corrected chi connectivity index (χ4v) is 1.32. The standard InChI is InChI=1S/C9H11FN2.C2H6/c1-6-4-7(10)9(12-5-6)8-2-3-11-8;1-2/h4-5,8,11H,2-3H2,1H3;1-2H3. The molecule has 2 nitrogen and oxygen atoms in total. The van der Waals surface area contributed by atoms with Crippen molar-refractivity contribution < 1.29 is 4.39 Å². The van der Waals surface area contributed by atoms with Gasteiger partial charge < -0.3 is 5.32 Å². The summed E-state index contributed by atoms with van der Waals surface area (Å²) in [6.07, 6.45) is 2.70. The molecule has 1 aliphatic heterocycles. The Labute approximate surface area is 84.6 Å². The second-order valence-electron chi connectivity index (χ2n) is 3.18. The number of aryl methyl sites for hydroxylation is 1. The maximum absolute atomic E-state index is 13.2. The highest BCUT2D eigenvalue weighted by molar-refractivity contribution is 5.18. The number of rotatable bonds is 1. The van der Waals surface area contributed by atoms with Crippen LogP contribution in [0, 0.1) is 12.7 Å². The predicted molar refractivity (Wildman–Crippen MR) is 55.6 cm³/mol. The molecule has 1 saturated heterocycles. The van der Waals surface area contributed by atoms with Crippen molar-refractivity contribution in [2.45, 2.75) is 33.2 Å². The van der Waals surface area contributed by atoms with Crippen LogP contribution in [0.3, 0.4) is 0 Å². The summed E-state index contributed by atoms with van der Waals surface area (Å²) in [7, 11) is 0. The van der Waals surface area contributed by atoms with E-state index in [4.69, 9.17) is 0 Å². The topological polar surface area (TPSA) is 24.9 Å². The van der Waals surface area contributed by atoms with E-state index in [9.17, 15) is 4.39 Å². The van der Waals surface area contributed by atoms with Crippen molar-refractivity contribution in [2.75, 3.05) is 6.54 Å². The van der Waals surface area contributed by atoms with Gasteiger partial charge in [0.15, 0.2) is 0 Å². The molecule has 2 rings (SSSR count). The first-order chi connectivity index (χ1) is 6.77. The molecule has 3 heteroatoms. The van der Waals surface area contributed by atoms with E-state index in [2.05, 4.69) is 10.3 Å². The number of hydrogen-bond acceptors (Lipinski definition) is 2.